The first-order valence-electron chi connectivity index (χ1n) is 6.12. The molecule has 2 aromatic rings. The van der Waals surface area contributed by atoms with Gasteiger partial charge in [-0.15, -0.1) is 0 Å². The maximum atomic E-state index is 11.1. The summed E-state index contributed by atoms with van der Waals surface area (Å²) in [6.07, 6.45) is 1.50. The van der Waals surface area contributed by atoms with Crippen molar-refractivity contribution in [1.29, 1.82) is 0 Å². The quantitative estimate of drug-likeness (QED) is 0.626. The van der Waals surface area contributed by atoms with Crippen LogP contribution in [0.2, 0.25) is 0 Å². The summed E-state index contributed by atoms with van der Waals surface area (Å²) in [6, 6.07) is 5.74. The van der Waals surface area contributed by atoms with E-state index in [0.29, 0.717) is 17.0 Å². The Morgan fingerprint density at radius 1 is 1.37 bits per heavy atom. The highest BCUT2D eigenvalue weighted by atomic mass is 32.2. The van der Waals surface area contributed by atoms with Gasteiger partial charge in [0.1, 0.15) is 11.5 Å². The fourth-order valence-corrected chi connectivity index (χ4v) is 2.21. The van der Waals surface area contributed by atoms with Gasteiger partial charge >= 0.3 is 0 Å². The Labute approximate surface area is 115 Å². The van der Waals surface area contributed by atoms with Crippen LogP contribution < -0.4 is 10.9 Å². The van der Waals surface area contributed by atoms with Gasteiger partial charge in [-0.25, -0.2) is 4.98 Å². The summed E-state index contributed by atoms with van der Waals surface area (Å²) in [5.41, 5.74) is -0.140. The van der Waals surface area contributed by atoms with Crippen molar-refractivity contribution in [2.45, 2.75) is 37.3 Å². The molecule has 0 unspecified atom stereocenters. The number of aromatic amines is 1. The number of rotatable bonds is 6. The molecule has 0 bridgehead atoms. The van der Waals surface area contributed by atoms with Gasteiger partial charge in [-0.2, -0.15) is 0 Å². The zero-order valence-electron chi connectivity index (χ0n) is 11.0. The predicted molar refractivity (Wildman–Crippen MR) is 75.1 cm³/mol. The molecule has 5 nitrogen and oxygen atoms in total. The minimum absolute atomic E-state index is 0.140. The molecular formula is C13H17N3O2S. The molecule has 2 rings (SSSR count). The van der Waals surface area contributed by atoms with Crippen LogP contribution in [0.5, 0.6) is 0 Å². The molecule has 0 aromatic carbocycles. The highest BCUT2D eigenvalue weighted by molar-refractivity contribution is 7.98. The fourth-order valence-electron chi connectivity index (χ4n) is 1.46. The van der Waals surface area contributed by atoms with E-state index >= 15 is 0 Å². The lowest BCUT2D eigenvalue weighted by atomic mass is 10.3. The van der Waals surface area contributed by atoms with Gasteiger partial charge in [0.2, 0.25) is 0 Å². The van der Waals surface area contributed by atoms with Crippen molar-refractivity contribution < 1.29 is 4.42 Å². The third-order valence-corrected chi connectivity index (χ3v) is 3.31. The number of nitrogens with one attached hydrogen (secondary N) is 2. The summed E-state index contributed by atoms with van der Waals surface area (Å²) < 4.78 is 5.68. The second kappa shape index (κ2) is 6.58. The first kappa shape index (κ1) is 13.9. The number of H-pyrrole nitrogens is 1. The lowest BCUT2D eigenvalue weighted by molar-refractivity contribution is 0.445. The van der Waals surface area contributed by atoms with E-state index < -0.39 is 0 Å². The topological polar surface area (TPSA) is 70.9 Å². The van der Waals surface area contributed by atoms with Gasteiger partial charge < -0.3 is 14.7 Å². The SMILES string of the molecule is CC(C)NCc1ccc(CSc2nccc(=O)[nH]2)o1. The maximum Gasteiger partial charge on any atom is 0.251 e. The van der Waals surface area contributed by atoms with Crippen LogP contribution in [0.3, 0.4) is 0 Å². The molecule has 0 saturated carbocycles. The summed E-state index contributed by atoms with van der Waals surface area (Å²) in [6.45, 7) is 4.91. The fraction of sp³-hybridized carbons (Fsp3) is 0.385. The normalized spacial score (nSPS) is 11.1. The highest BCUT2D eigenvalue weighted by Gasteiger charge is 2.04. The predicted octanol–water partition coefficient (Wildman–Crippen LogP) is 2.15. The summed E-state index contributed by atoms with van der Waals surface area (Å²) in [7, 11) is 0. The second-order valence-electron chi connectivity index (χ2n) is 4.43. The summed E-state index contributed by atoms with van der Waals surface area (Å²) in [5, 5.41) is 3.90. The molecule has 6 heteroatoms. The van der Waals surface area contributed by atoms with Crippen molar-refractivity contribution in [1.82, 2.24) is 15.3 Å². The zero-order chi connectivity index (χ0) is 13.7. The van der Waals surface area contributed by atoms with Gasteiger partial charge in [0, 0.05) is 18.3 Å². The maximum absolute atomic E-state index is 11.1. The number of hydrogen-bond acceptors (Lipinski definition) is 5. The Kier molecular flexibility index (Phi) is 4.81. The molecule has 102 valence electrons. The summed E-state index contributed by atoms with van der Waals surface area (Å²) in [4.78, 5) is 17.9. The molecule has 0 spiro atoms. The molecule has 19 heavy (non-hydrogen) atoms. The van der Waals surface area contributed by atoms with Crippen molar-refractivity contribution in [3.8, 4) is 0 Å². The molecule has 2 N–H and O–H groups in total. The van der Waals surface area contributed by atoms with E-state index in [-0.39, 0.29) is 5.56 Å². The number of hydrogen-bond donors (Lipinski definition) is 2. The van der Waals surface area contributed by atoms with E-state index in [1.54, 1.807) is 0 Å². The Morgan fingerprint density at radius 3 is 2.89 bits per heavy atom. The largest absolute Gasteiger partial charge is 0.464 e. The number of thioether (sulfide) groups is 1. The van der Waals surface area contributed by atoms with Crippen LogP contribution in [-0.2, 0) is 12.3 Å². The Hall–Kier alpha value is -1.53. The molecule has 0 aliphatic carbocycles. The lowest BCUT2D eigenvalue weighted by Gasteiger charge is -2.04. The molecule has 0 aliphatic rings. The third kappa shape index (κ3) is 4.57. The standard InChI is InChI=1S/C13H17N3O2S/c1-9(2)15-7-10-3-4-11(18-10)8-19-13-14-6-5-12(17)16-13/h3-6,9,15H,7-8H2,1-2H3,(H,14,16,17). The monoisotopic (exact) mass is 279 g/mol. The van der Waals surface area contributed by atoms with E-state index in [0.717, 1.165) is 18.1 Å². The average Bonchev–Trinajstić information content (AvgIpc) is 2.82. The third-order valence-electron chi connectivity index (χ3n) is 2.40. The molecular weight excluding hydrogens is 262 g/mol. The van der Waals surface area contributed by atoms with Crippen molar-refractivity contribution in [2.24, 2.45) is 0 Å². The molecule has 2 aromatic heterocycles. The smallest absolute Gasteiger partial charge is 0.251 e. The first-order valence-corrected chi connectivity index (χ1v) is 7.11. The average molecular weight is 279 g/mol. The number of aromatic nitrogens is 2. The van der Waals surface area contributed by atoms with Crippen molar-refractivity contribution in [3.05, 3.63) is 46.3 Å². The van der Waals surface area contributed by atoms with Gasteiger partial charge in [0.15, 0.2) is 5.16 Å². The summed E-state index contributed by atoms with van der Waals surface area (Å²) >= 11 is 1.44. The second-order valence-corrected chi connectivity index (χ2v) is 5.40. The Morgan fingerprint density at radius 2 is 2.16 bits per heavy atom. The van der Waals surface area contributed by atoms with Crippen molar-refractivity contribution >= 4 is 11.8 Å². The summed E-state index contributed by atoms with van der Waals surface area (Å²) in [5.74, 6) is 2.44. The van der Waals surface area contributed by atoms with Crippen LogP contribution in [-0.4, -0.2) is 16.0 Å². The molecule has 0 atom stereocenters. The molecule has 2 heterocycles. The number of nitrogens with zero attached hydrogens (tertiary/aromatic N) is 1. The van der Waals surface area contributed by atoms with Gasteiger partial charge in [-0.1, -0.05) is 25.6 Å². The van der Waals surface area contributed by atoms with Crippen molar-refractivity contribution in [2.75, 3.05) is 0 Å². The van der Waals surface area contributed by atoms with Crippen LogP contribution in [0.1, 0.15) is 25.4 Å². The number of furan rings is 1. The van der Waals surface area contributed by atoms with Crippen LogP contribution in [0.15, 0.2) is 38.8 Å². The van der Waals surface area contributed by atoms with Gasteiger partial charge in [0.05, 0.1) is 12.3 Å². The molecule has 0 saturated heterocycles. The van der Waals surface area contributed by atoms with Gasteiger partial charge in [-0.05, 0) is 12.1 Å². The van der Waals surface area contributed by atoms with E-state index in [1.807, 2.05) is 12.1 Å². The molecule has 0 aliphatic heterocycles. The Bertz CT molecular complexity index is 577. The highest BCUT2D eigenvalue weighted by Crippen LogP contribution is 2.19. The zero-order valence-corrected chi connectivity index (χ0v) is 11.8. The molecule has 0 amide bonds. The van der Waals surface area contributed by atoms with Gasteiger partial charge in [0.25, 0.3) is 5.56 Å². The van der Waals surface area contributed by atoms with E-state index in [9.17, 15) is 4.79 Å². The molecule has 0 fully saturated rings. The van der Waals surface area contributed by atoms with Crippen LogP contribution in [0.4, 0.5) is 0 Å². The minimum Gasteiger partial charge on any atom is -0.464 e. The first-order chi connectivity index (χ1) is 9.13. The van der Waals surface area contributed by atoms with Crippen LogP contribution in [0.25, 0.3) is 0 Å². The van der Waals surface area contributed by atoms with E-state index in [1.165, 1.54) is 24.0 Å². The lowest BCUT2D eigenvalue weighted by Crippen LogP contribution is -2.21. The van der Waals surface area contributed by atoms with Crippen LogP contribution in [0, 0.1) is 0 Å². The molecule has 0 radical (unpaired) electrons. The van der Waals surface area contributed by atoms with Crippen LogP contribution >= 0.6 is 11.8 Å². The Balaban J connectivity index is 1.88. The minimum atomic E-state index is -0.140. The van der Waals surface area contributed by atoms with Gasteiger partial charge in [-0.3, -0.25) is 4.79 Å². The van der Waals surface area contributed by atoms with E-state index in [2.05, 4.69) is 29.1 Å². The van der Waals surface area contributed by atoms with E-state index in [4.69, 9.17) is 4.42 Å². The van der Waals surface area contributed by atoms with Crippen molar-refractivity contribution in [3.63, 3.8) is 0 Å².